The van der Waals surface area contributed by atoms with Gasteiger partial charge in [-0.25, -0.2) is 9.18 Å². The molecule has 0 radical (unpaired) electrons. The van der Waals surface area contributed by atoms with E-state index in [1.165, 1.54) is 17.0 Å². The van der Waals surface area contributed by atoms with Gasteiger partial charge in [0.05, 0.1) is 12.6 Å². The standard InChI is InChI=1S/C15H24FN3O2/c1-4-19(8-9-20)15(21)17-11-14(18(2)3)12-6-5-7-13(16)10-12/h5-7,10,14,20H,4,8-9,11H2,1-3H3,(H,17,21). The van der Waals surface area contributed by atoms with Crippen LogP contribution in [0, 0.1) is 5.82 Å². The van der Waals surface area contributed by atoms with Gasteiger partial charge >= 0.3 is 6.03 Å². The zero-order valence-corrected chi connectivity index (χ0v) is 12.8. The van der Waals surface area contributed by atoms with E-state index in [1.807, 2.05) is 32.0 Å². The van der Waals surface area contributed by atoms with Crippen LogP contribution in [0.3, 0.4) is 0 Å². The number of hydrogen-bond donors (Lipinski definition) is 2. The Kier molecular flexibility index (Phi) is 7.11. The van der Waals surface area contributed by atoms with Gasteiger partial charge in [0.2, 0.25) is 0 Å². The van der Waals surface area contributed by atoms with Crippen LogP contribution in [0.5, 0.6) is 0 Å². The zero-order valence-electron chi connectivity index (χ0n) is 12.8. The molecule has 0 bridgehead atoms. The third-order valence-corrected chi connectivity index (χ3v) is 3.34. The molecule has 0 saturated heterocycles. The van der Waals surface area contributed by atoms with Crippen molar-refractivity contribution in [2.75, 3.05) is 40.3 Å². The summed E-state index contributed by atoms with van der Waals surface area (Å²) in [6, 6.07) is 6.03. The van der Waals surface area contributed by atoms with Gasteiger partial charge in [0, 0.05) is 19.6 Å². The normalized spacial score (nSPS) is 12.3. The van der Waals surface area contributed by atoms with E-state index < -0.39 is 0 Å². The summed E-state index contributed by atoms with van der Waals surface area (Å²) in [5, 5.41) is 11.7. The number of carbonyl (C=O) groups is 1. The lowest BCUT2D eigenvalue weighted by Crippen LogP contribution is -2.44. The van der Waals surface area contributed by atoms with Gasteiger partial charge in [-0.1, -0.05) is 12.1 Å². The summed E-state index contributed by atoms with van der Waals surface area (Å²) in [6.45, 7) is 2.98. The van der Waals surface area contributed by atoms with Crippen LogP contribution in [0.15, 0.2) is 24.3 Å². The molecular weight excluding hydrogens is 273 g/mol. The number of rotatable bonds is 7. The molecule has 0 fully saturated rings. The Morgan fingerprint density at radius 2 is 2.14 bits per heavy atom. The number of nitrogens with one attached hydrogen (secondary N) is 1. The molecule has 0 spiro atoms. The number of amides is 2. The minimum Gasteiger partial charge on any atom is -0.395 e. The summed E-state index contributed by atoms with van der Waals surface area (Å²) in [4.78, 5) is 15.5. The maximum Gasteiger partial charge on any atom is 0.317 e. The largest absolute Gasteiger partial charge is 0.395 e. The minimum absolute atomic E-state index is 0.0672. The first-order valence-electron chi connectivity index (χ1n) is 7.05. The number of nitrogens with zero attached hydrogens (tertiary/aromatic N) is 2. The number of aliphatic hydroxyl groups is 1. The number of hydrogen-bond acceptors (Lipinski definition) is 3. The highest BCUT2D eigenvalue weighted by Crippen LogP contribution is 2.18. The Morgan fingerprint density at radius 1 is 1.43 bits per heavy atom. The van der Waals surface area contributed by atoms with Gasteiger partial charge in [-0.2, -0.15) is 0 Å². The molecule has 2 N–H and O–H groups in total. The molecule has 1 rings (SSSR count). The van der Waals surface area contributed by atoms with Gasteiger partial charge < -0.3 is 20.2 Å². The molecular formula is C15H24FN3O2. The average Bonchev–Trinajstić information content (AvgIpc) is 2.44. The average molecular weight is 297 g/mol. The maximum atomic E-state index is 13.3. The smallest absolute Gasteiger partial charge is 0.317 e. The monoisotopic (exact) mass is 297 g/mol. The highest BCUT2D eigenvalue weighted by molar-refractivity contribution is 5.74. The van der Waals surface area contributed by atoms with E-state index in [4.69, 9.17) is 5.11 Å². The lowest BCUT2D eigenvalue weighted by atomic mass is 10.1. The summed E-state index contributed by atoms with van der Waals surface area (Å²) in [5.74, 6) is -0.291. The van der Waals surface area contributed by atoms with E-state index >= 15 is 0 Å². The Morgan fingerprint density at radius 3 is 2.67 bits per heavy atom. The summed E-state index contributed by atoms with van der Waals surface area (Å²) >= 11 is 0. The lowest BCUT2D eigenvalue weighted by Gasteiger charge is -2.27. The molecule has 2 amide bonds. The Bertz CT molecular complexity index is 454. The van der Waals surface area contributed by atoms with Crippen molar-refractivity contribution in [2.45, 2.75) is 13.0 Å². The second-order valence-corrected chi connectivity index (χ2v) is 5.02. The predicted octanol–water partition coefficient (Wildman–Crippen LogP) is 1.45. The Balaban J connectivity index is 2.70. The van der Waals surface area contributed by atoms with E-state index in [0.717, 1.165) is 5.56 Å². The van der Waals surface area contributed by atoms with Gasteiger partial charge in [0.1, 0.15) is 5.82 Å². The SMILES string of the molecule is CCN(CCO)C(=O)NCC(c1cccc(F)c1)N(C)C. The van der Waals surface area contributed by atoms with Crippen molar-refractivity contribution in [3.05, 3.63) is 35.6 Å². The topological polar surface area (TPSA) is 55.8 Å². The summed E-state index contributed by atoms with van der Waals surface area (Å²) in [5.41, 5.74) is 0.811. The van der Waals surface area contributed by atoms with Crippen LogP contribution in [0.2, 0.25) is 0 Å². The first-order chi connectivity index (χ1) is 9.99. The van der Waals surface area contributed by atoms with Crippen molar-refractivity contribution >= 4 is 6.03 Å². The molecule has 6 heteroatoms. The van der Waals surface area contributed by atoms with Gasteiger partial charge in [0.25, 0.3) is 0 Å². The molecule has 0 aliphatic rings. The predicted molar refractivity (Wildman–Crippen MR) is 80.6 cm³/mol. The Hall–Kier alpha value is -1.66. The minimum atomic E-state index is -0.291. The molecule has 118 valence electrons. The molecule has 1 unspecified atom stereocenters. The van der Waals surface area contributed by atoms with Crippen LogP contribution in [0.25, 0.3) is 0 Å². The highest BCUT2D eigenvalue weighted by Gasteiger charge is 2.17. The first kappa shape index (κ1) is 17.4. The third kappa shape index (κ3) is 5.32. The zero-order chi connectivity index (χ0) is 15.8. The molecule has 0 heterocycles. The molecule has 0 saturated carbocycles. The van der Waals surface area contributed by atoms with Gasteiger partial charge in [0.15, 0.2) is 0 Å². The molecule has 5 nitrogen and oxygen atoms in total. The lowest BCUT2D eigenvalue weighted by molar-refractivity contribution is 0.176. The van der Waals surface area contributed by atoms with Crippen LogP contribution in [-0.4, -0.2) is 61.3 Å². The number of urea groups is 1. The van der Waals surface area contributed by atoms with Crippen molar-refractivity contribution in [2.24, 2.45) is 0 Å². The van der Waals surface area contributed by atoms with Crippen molar-refractivity contribution in [3.8, 4) is 0 Å². The van der Waals surface area contributed by atoms with Crippen LogP contribution in [-0.2, 0) is 0 Å². The van der Waals surface area contributed by atoms with E-state index in [1.54, 1.807) is 6.07 Å². The van der Waals surface area contributed by atoms with Crippen molar-refractivity contribution < 1.29 is 14.3 Å². The molecule has 1 atom stereocenters. The maximum absolute atomic E-state index is 13.3. The van der Waals surface area contributed by atoms with Crippen LogP contribution in [0.1, 0.15) is 18.5 Å². The molecule has 1 aromatic carbocycles. The van der Waals surface area contributed by atoms with E-state index in [2.05, 4.69) is 5.32 Å². The number of carbonyl (C=O) groups excluding carboxylic acids is 1. The number of benzene rings is 1. The fourth-order valence-corrected chi connectivity index (χ4v) is 2.13. The van der Waals surface area contributed by atoms with Crippen LogP contribution >= 0.6 is 0 Å². The van der Waals surface area contributed by atoms with Crippen molar-refractivity contribution in [3.63, 3.8) is 0 Å². The van der Waals surface area contributed by atoms with Gasteiger partial charge in [-0.15, -0.1) is 0 Å². The summed E-state index contributed by atoms with van der Waals surface area (Å²) in [7, 11) is 3.76. The van der Waals surface area contributed by atoms with E-state index in [-0.39, 0.29) is 24.5 Å². The fraction of sp³-hybridized carbons (Fsp3) is 0.533. The van der Waals surface area contributed by atoms with Crippen LogP contribution < -0.4 is 5.32 Å². The van der Waals surface area contributed by atoms with Crippen LogP contribution in [0.4, 0.5) is 9.18 Å². The molecule has 0 aliphatic carbocycles. The molecule has 1 aromatic rings. The van der Waals surface area contributed by atoms with Gasteiger partial charge in [-0.3, -0.25) is 0 Å². The summed E-state index contributed by atoms with van der Waals surface area (Å²) < 4.78 is 13.3. The quantitative estimate of drug-likeness (QED) is 0.801. The van der Waals surface area contributed by atoms with E-state index in [9.17, 15) is 9.18 Å². The second kappa shape index (κ2) is 8.59. The molecule has 21 heavy (non-hydrogen) atoms. The fourth-order valence-electron chi connectivity index (χ4n) is 2.13. The number of likely N-dealkylation sites (N-methyl/N-ethyl adjacent to an activating group) is 2. The molecule has 0 aromatic heterocycles. The number of aliphatic hydroxyl groups excluding tert-OH is 1. The summed E-state index contributed by atoms with van der Waals surface area (Å²) in [6.07, 6.45) is 0. The third-order valence-electron chi connectivity index (χ3n) is 3.34. The second-order valence-electron chi connectivity index (χ2n) is 5.02. The Labute approximate surface area is 125 Å². The highest BCUT2D eigenvalue weighted by atomic mass is 19.1. The van der Waals surface area contributed by atoms with Crippen molar-refractivity contribution in [1.29, 1.82) is 0 Å². The number of halogens is 1. The molecule has 0 aliphatic heterocycles. The van der Waals surface area contributed by atoms with Gasteiger partial charge in [-0.05, 0) is 38.7 Å². The van der Waals surface area contributed by atoms with E-state index in [0.29, 0.717) is 19.6 Å². The van der Waals surface area contributed by atoms with Crippen molar-refractivity contribution in [1.82, 2.24) is 15.1 Å². The first-order valence-corrected chi connectivity index (χ1v) is 7.05.